The van der Waals surface area contributed by atoms with Crippen LogP contribution in [0.25, 0.3) is 0 Å². The molecule has 0 amide bonds. The molecular formula is C15H13ClO. The fourth-order valence-corrected chi connectivity index (χ4v) is 2.33. The number of ether oxygens (including phenoxy) is 1. The molecule has 0 N–H and O–H groups in total. The van der Waals surface area contributed by atoms with E-state index in [1.165, 1.54) is 11.1 Å². The van der Waals surface area contributed by atoms with Crippen LogP contribution >= 0.6 is 11.6 Å². The Bertz CT molecular complexity index is 488. The molecule has 0 saturated carbocycles. The van der Waals surface area contributed by atoms with Crippen LogP contribution in [0.15, 0.2) is 54.6 Å². The molecule has 2 aromatic rings. The highest BCUT2D eigenvalue weighted by Gasteiger charge is 2.34. The molecule has 1 nitrogen and oxygen atoms in total. The van der Waals surface area contributed by atoms with Crippen LogP contribution in [0.5, 0.6) is 0 Å². The largest absolute Gasteiger partial charge is 0.372 e. The van der Waals surface area contributed by atoms with Gasteiger partial charge in [-0.15, -0.1) is 0 Å². The van der Waals surface area contributed by atoms with Gasteiger partial charge in [-0.1, -0.05) is 54.1 Å². The third-order valence-corrected chi connectivity index (χ3v) is 3.37. The lowest BCUT2D eigenvalue weighted by Gasteiger charge is -2.15. The summed E-state index contributed by atoms with van der Waals surface area (Å²) in [5.74, 6) is 0.327. The number of hydrogen-bond acceptors (Lipinski definition) is 1. The molecule has 86 valence electrons. The Balaban J connectivity index is 1.98. The molecule has 17 heavy (non-hydrogen) atoms. The lowest BCUT2D eigenvalue weighted by molar-refractivity contribution is 0.389. The summed E-state index contributed by atoms with van der Waals surface area (Å²) in [5.41, 5.74) is 2.57. The van der Waals surface area contributed by atoms with Gasteiger partial charge in [0.15, 0.2) is 0 Å². The van der Waals surface area contributed by atoms with E-state index in [4.69, 9.17) is 16.3 Å². The predicted molar refractivity (Wildman–Crippen MR) is 69.5 cm³/mol. The zero-order valence-corrected chi connectivity index (χ0v) is 10.1. The maximum absolute atomic E-state index is 5.93. The van der Waals surface area contributed by atoms with Crippen LogP contribution in [-0.2, 0) is 4.74 Å². The topological polar surface area (TPSA) is 12.5 Å². The number of hydrogen-bond donors (Lipinski definition) is 0. The molecule has 1 saturated heterocycles. The molecule has 1 aliphatic rings. The summed E-state index contributed by atoms with van der Waals surface area (Å²) < 4.78 is 5.48. The first-order valence-corrected chi connectivity index (χ1v) is 6.14. The average molecular weight is 245 g/mol. The van der Waals surface area contributed by atoms with Crippen LogP contribution in [0.2, 0.25) is 5.02 Å². The molecular weight excluding hydrogens is 232 g/mol. The third kappa shape index (κ3) is 2.36. The van der Waals surface area contributed by atoms with Crippen molar-refractivity contribution in [2.24, 2.45) is 0 Å². The van der Waals surface area contributed by atoms with Crippen molar-refractivity contribution < 1.29 is 4.74 Å². The first-order chi connectivity index (χ1) is 8.34. The normalized spacial score (nSPS) is 19.9. The van der Waals surface area contributed by atoms with Gasteiger partial charge < -0.3 is 4.74 Å². The summed E-state index contributed by atoms with van der Waals surface area (Å²) >= 11 is 5.93. The summed E-state index contributed by atoms with van der Waals surface area (Å²) in [6, 6.07) is 18.5. The van der Waals surface area contributed by atoms with Gasteiger partial charge in [0, 0.05) is 10.9 Å². The minimum atomic E-state index is 0.318. The van der Waals surface area contributed by atoms with E-state index in [1.54, 1.807) is 0 Å². The molecule has 2 heteroatoms. The van der Waals surface area contributed by atoms with E-state index in [0.717, 1.165) is 11.6 Å². The van der Waals surface area contributed by atoms with E-state index in [1.807, 2.05) is 18.2 Å². The highest BCUT2D eigenvalue weighted by atomic mass is 35.5. The van der Waals surface area contributed by atoms with Crippen molar-refractivity contribution in [1.82, 2.24) is 0 Å². The minimum Gasteiger partial charge on any atom is -0.372 e. The summed E-state index contributed by atoms with van der Waals surface area (Å²) in [7, 11) is 0. The molecule has 0 bridgehead atoms. The van der Waals surface area contributed by atoms with Gasteiger partial charge >= 0.3 is 0 Å². The summed E-state index contributed by atoms with van der Waals surface area (Å²) in [6.07, 6.45) is 0.318. The second-order valence-electron chi connectivity index (χ2n) is 4.31. The van der Waals surface area contributed by atoms with E-state index in [2.05, 4.69) is 36.4 Å². The van der Waals surface area contributed by atoms with E-state index in [9.17, 15) is 0 Å². The Morgan fingerprint density at radius 3 is 2.12 bits per heavy atom. The lowest BCUT2D eigenvalue weighted by atomic mass is 9.89. The van der Waals surface area contributed by atoms with Crippen LogP contribution in [0.4, 0.5) is 0 Å². The number of halogens is 1. The summed E-state index contributed by atoms with van der Waals surface area (Å²) in [6.45, 7) is 0.849. The summed E-state index contributed by atoms with van der Waals surface area (Å²) in [4.78, 5) is 0. The third-order valence-electron chi connectivity index (χ3n) is 3.12. The molecule has 0 aromatic heterocycles. The van der Waals surface area contributed by atoms with Crippen LogP contribution in [0, 0.1) is 0 Å². The zero-order chi connectivity index (χ0) is 11.7. The van der Waals surface area contributed by atoms with Gasteiger partial charge in [0.25, 0.3) is 0 Å². The standard InChI is InChI=1S/C15H13ClO/c16-13-8-6-12(7-9-13)15(14-10-17-14)11-4-2-1-3-5-11/h1-9,14-15H,10H2/t14-,15+/m0/s1. The smallest absolute Gasteiger partial charge is 0.0918 e. The molecule has 0 unspecified atom stereocenters. The number of benzene rings is 2. The predicted octanol–water partition coefficient (Wildman–Crippen LogP) is 3.87. The van der Waals surface area contributed by atoms with E-state index in [-0.39, 0.29) is 0 Å². The average Bonchev–Trinajstić information content (AvgIpc) is 3.18. The first-order valence-electron chi connectivity index (χ1n) is 5.76. The Morgan fingerprint density at radius 2 is 1.53 bits per heavy atom. The monoisotopic (exact) mass is 244 g/mol. The molecule has 1 aliphatic heterocycles. The highest BCUT2D eigenvalue weighted by Crippen LogP contribution is 2.36. The Hall–Kier alpha value is -1.31. The van der Waals surface area contributed by atoms with Crippen LogP contribution in [0.1, 0.15) is 17.0 Å². The zero-order valence-electron chi connectivity index (χ0n) is 9.34. The molecule has 1 heterocycles. The van der Waals surface area contributed by atoms with Crippen LogP contribution < -0.4 is 0 Å². The van der Waals surface area contributed by atoms with Gasteiger partial charge in [-0.05, 0) is 23.3 Å². The Kier molecular flexibility index (Phi) is 2.87. The van der Waals surface area contributed by atoms with Crippen LogP contribution in [0.3, 0.4) is 0 Å². The molecule has 2 aromatic carbocycles. The van der Waals surface area contributed by atoms with Crippen molar-refractivity contribution in [2.45, 2.75) is 12.0 Å². The Labute approximate surface area is 106 Å². The maximum Gasteiger partial charge on any atom is 0.0918 e. The Morgan fingerprint density at radius 1 is 0.941 bits per heavy atom. The van der Waals surface area contributed by atoms with Gasteiger partial charge in [-0.3, -0.25) is 0 Å². The van der Waals surface area contributed by atoms with Crippen molar-refractivity contribution in [3.05, 3.63) is 70.7 Å². The molecule has 2 atom stereocenters. The van der Waals surface area contributed by atoms with Gasteiger partial charge in [0.05, 0.1) is 12.7 Å². The van der Waals surface area contributed by atoms with Gasteiger partial charge in [-0.2, -0.15) is 0 Å². The van der Waals surface area contributed by atoms with Gasteiger partial charge in [0.2, 0.25) is 0 Å². The second-order valence-corrected chi connectivity index (χ2v) is 4.75. The molecule has 0 radical (unpaired) electrons. The minimum absolute atomic E-state index is 0.318. The van der Waals surface area contributed by atoms with E-state index in [0.29, 0.717) is 12.0 Å². The lowest BCUT2D eigenvalue weighted by Crippen LogP contribution is -2.07. The van der Waals surface area contributed by atoms with E-state index >= 15 is 0 Å². The van der Waals surface area contributed by atoms with Gasteiger partial charge in [0.1, 0.15) is 0 Å². The van der Waals surface area contributed by atoms with Crippen molar-refractivity contribution in [3.8, 4) is 0 Å². The first kappa shape index (κ1) is 10.8. The molecule has 0 aliphatic carbocycles. The summed E-state index contributed by atoms with van der Waals surface area (Å²) in [5, 5.41) is 0.775. The van der Waals surface area contributed by atoms with Crippen molar-refractivity contribution in [2.75, 3.05) is 6.61 Å². The fraction of sp³-hybridized carbons (Fsp3) is 0.200. The van der Waals surface area contributed by atoms with Crippen molar-refractivity contribution in [3.63, 3.8) is 0 Å². The molecule has 1 fully saturated rings. The van der Waals surface area contributed by atoms with Crippen molar-refractivity contribution in [1.29, 1.82) is 0 Å². The number of rotatable bonds is 3. The molecule has 0 spiro atoms. The quantitative estimate of drug-likeness (QED) is 0.747. The van der Waals surface area contributed by atoms with Crippen molar-refractivity contribution >= 4 is 11.6 Å². The number of epoxide rings is 1. The molecule has 3 rings (SSSR count). The van der Waals surface area contributed by atoms with Gasteiger partial charge in [-0.25, -0.2) is 0 Å². The second kappa shape index (κ2) is 4.52. The van der Waals surface area contributed by atoms with E-state index < -0.39 is 0 Å². The SMILES string of the molecule is Clc1ccc([C@@H](c2ccccc2)[C@@H]2CO2)cc1. The fourth-order valence-electron chi connectivity index (χ4n) is 2.20. The van der Waals surface area contributed by atoms with Crippen LogP contribution in [-0.4, -0.2) is 12.7 Å². The maximum atomic E-state index is 5.93. The highest BCUT2D eigenvalue weighted by molar-refractivity contribution is 6.30.